The summed E-state index contributed by atoms with van der Waals surface area (Å²) in [4.78, 5) is 8.65. The highest BCUT2D eigenvalue weighted by atomic mass is 15.0. The first kappa shape index (κ1) is 10.6. The fourth-order valence-electron chi connectivity index (χ4n) is 1.79. The van der Waals surface area contributed by atoms with Gasteiger partial charge in [0.05, 0.1) is 0 Å². The van der Waals surface area contributed by atoms with Crippen LogP contribution in [0.2, 0.25) is 0 Å². The third kappa shape index (κ3) is 1.89. The van der Waals surface area contributed by atoms with Crippen LogP contribution in [0.1, 0.15) is 22.8 Å². The number of hydrogen-bond donors (Lipinski definition) is 0. The van der Waals surface area contributed by atoms with Gasteiger partial charge in [-0.05, 0) is 31.5 Å². The molecule has 2 aromatic heterocycles. The van der Waals surface area contributed by atoms with Crippen molar-refractivity contribution >= 4 is 5.57 Å². The molecule has 0 aromatic carbocycles. The Labute approximate surface area is 95.5 Å². The molecule has 2 aromatic rings. The molecule has 82 valence electrons. The third-order valence-corrected chi connectivity index (χ3v) is 2.52. The number of imidazole rings is 1. The SMILES string of the molecule is C=C(c1cc(C)nc(C)c1)c1nccn1C. The van der Waals surface area contributed by atoms with E-state index >= 15 is 0 Å². The highest BCUT2D eigenvalue weighted by molar-refractivity contribution is 5.74. The van der Waals surface area contributed by atoms with E-state index < -0.39 is 0 Å². The van der Waals surface area contributed by atoms with E-state index in [1.807, 2.05) is 43.8 Å². The van der Waals surface area contributed by atoms with Crippen LogP contribution < -0.4 is 0 Å². The van der Waals surface area contributed by atoms with Gasteiger partial charge >= 0.3 is 0 Å². The van der Waals surface area contributed by atoms with Gasteiger partial charge in [0, 0.05) is 36.4 Å². The number of hydrogen-bond acceptors (Lipinski definition) is 2. The molecule has 0 amide bonds. The van der Waals surface area contributed by atoms with Crippen LogP contribution in [0, 0.1) is 13.8 Å². The standard InChI is InChI=1S/C13H15N3/c1-9-7-12(8-10(2)15-9)11(3)13-14-5-6-16(13)4/h5-8H,3H2,1-2,4H3. The van der Waals surface area contributed by atoms with E-state index in [1.54, 1.807) is 6.20 Å². The molecular weight excluding hydrogens is 198 g/mol. The molecule has 0 aliphatic carbocycles. The predicted molar refractivity (Wildman–Crippen MR) is 65.1 cm³/mol. The minimum atomic E-state index is 0.894. The van der Waals surface area contributed by atoms with Crippen LogP contribution in [-0.4, -0.2) is 14.5 Å². The molecule has 2 rings (SSSR count). The van der Waals surface area contributed by atoms with Gasteiger partial charge in [-0.3, -0.25) is 4.98 Å². The zero-order valence-electron chi connectivity index (χ0n) is 9.86. The Morgan fingerprint density at radius 1 is 1.25 bits per heavy atom. The van der Waals surface area contributed by atoms with Gasteiger partial charge in [-0.1, -0.05) is 6.58 Å². The second-order valence-electron chi connectivity index (χ2n) is 3.98. The van der Waals surface area contributed by atoms with Crippen molar-refractivity contribution in [3.05, 3.63) is 53.9 Å². The Bertz CT molecular complexity index is 518. The Kier molecular flexibility index (Phi) is 2.60. The molecule has 3 heteroatoms. The summed E-state index contributed by atoms with van der Waals surface area (Å²) in [5.41, 5.74) is 4.02. The van der Waals surface area contributed by atoms with Crippen molar-refractivity contribution in [2.24, 2.45) is 7.05 Å². The Morgan fingerprint density at radius 3 is 2.38 bits per heavy atom. The molecule has 0 saturated carbocycles. The van der Waals surface area contributed by atoms with Gasteiger partial charge in [-0.2, -0.15) is 0 Å². The van der Waals surface area contributed by atoms with E-state index in [0.717, 1.165) is 28.3 Å². The maximum Gasteiger partial charge on any atom is 0.139 e. The molecule has 0 spiro atoms. The van der Waals surface area contributed by atoms with E-state index in [1.165, 1.54) is 0 Å². The Balaban J connectivity index is 2.45. The van der Waals surface area contributed by atoms with Crippen molar-refractivity contribution < 1.29 is 0 Å². The monoisotopic (exact) mass is 213 g/mol. The first-order valence-corrected chi connectivity index (χ1v) is 5.20. The van der Waals surface area contributed by atoms with Crippen molar-refractivity contribution in [1.29, 1.82) is 0 Å². The van der Waals surface area contributed by atoms with Gasteiger partial charge in [-0.25, -0.2) is 4.98 Å². The summed E-state index contributed by atoms with van der Waals surface area (Å²) < 4.78 is 1.97. The third-order valence-electron chi connectivity index (χ3n) is 2.52. The fourth-order valence-corrected chi connectivity index (χ4v) is 1.79. The van der Waals surface area contributed by atoms with Crippen LogP contribution in [0.4, 0.5) is 0 Å². The normalized spacial score (nSPS) is 10.4. The van der Waals surface area contributed by atoms with Gasteiger partial charge in [0.1, 0.15) is 5.82 Å². The number of rotatable bonds is 2. The van der Waals surface area contributed by atoms with Gasteiger partial charge in [0.15, 0.2) is 0 Å². The molecule has 0 atom stereocenters. The zero-order valence-corrected chi connectivity index (χ0v) is 9.86. The van der Waals surface area contributed by atoms with E-state index in [4.69, 9.17) is 0 Å². The molecule has 3 nitrogen and oxygen atoms in total. The van der Waals surface area contributed by atoms with E-state index in [-0.39, 0.29) is 0 Å². The summed E-state index contributed by atoms with van der Waals surface area (Å²) in [6, 6.07) is 4.06. The van der Waals surface area contributed by atoms with Crippen LogP contribution in [-0.2, 0) is 7.05 Å². The lowest BCUT2D eigenvalue weighted by atomic mass is 10.1. The molecule has 0 N–H and O–H groups in total. The Morgan fingerprint density at radius 2 is 1.88 bits per heavy atom. The fraction of sp³-hybridized carbons (Fsp3) is 0.231. The number of aromatic nitrogens is 3. The van der Waals surface area contributed by atoms with E-state index in [9.17, 15) is 0 Å². The van der Waals surface area contributed by atoms with Gasteiger partial charge < -0.3 is 4.57 Å². The summed E-state index contributed by atoms with van der Waals surface area (Å²) >= 11 is 0. The van der Waals surface area contributed by atoms with Crippen LogP contribution in [0.5, 0.6) is 0 Å². The lowest BCUT2D eigenvalue weighted by Gasteiger charge is -2.07. The lowest BCUT2D eigenvalue weighted by Crippen LogP contribution is -1.98. The second-order valence-corrected chi connectivity index (χ2v) is 3.98. The van der Waals surface area contributed by atoms with E-state index in [0.29, 0.717) is 0 Å². The highest BCUT2D eigenvalue weighted by Gasteiger charge is 2.08. The topological polar surface area (TPSA) is 30.7 Å². The number of pyridine rings is 1. The van der Waals surface area contributed by atoms with Crippen LogP contribution in [0.3, 0.4) is 0 Å². The quantitative estimate of drug-likeness (QED) is 0.767. The average molecular weight is 213 g/mol. The molecule has 16 heavy (non-hydrogen) atoms. The molecule has 0 aliphatic heterocycles. The molecule has 0 bridgehead atoms. The minimum absolute atomic E-state index is 0.894. The molecule has 0 unspecified atom stereocenters. The summed E-state index contributed by atoms with van der Waals surface area (Å²) in [6.07, 6.45) is 3.70. The minimum Gasteiger partial charge on any atom is -0.334 e. The summed E-state index contributed by atoms with van der Waals surface area (Å²) in [5.74, 6) is 0.894. The van der Waals surface area contributed by atoms with Crippen molar-refractivity contribution in [3.63, 3.8) is 0 Å². The highest BCUT2D eigenvalue weighted by Crippen LogP contribution is 2.20. The van der Waals surface area contributed by atoms with Crippen molar-refractivity contribution in [2.75, 3.05) is 0 Å². The summed E-state index contributed by atoms with van der Waals surface area (Å²) in [6.45, 7) is 8.08. The second kappa shape index (κ2) is 3.93. The molecule has 0 fully saturated rings. The first-order valence-electron chi connectivity index (χ1n) is 5.20. The van der Waals surface area contributed by atoms with Gasteiger partial charge in [0.25, 0.3) is 0 Å². The number of nitrogens with zero attached hydrogens (tertiary/aromatic N) is 3. The summed E-state index contributed by atoms with van der Waals surface area (Å²) in [5, 5.41) is 0. The molecule has 0 aliphatic rings. The van der Waals surface area contributed by atoms with Crippen molar-refractivity contribution in [2.45, 2.75) is 13.8 Å². The van der Waals surface area contributed by atoms with Crippen LogP contribution in [0.15, 0.2) is 31.1 Å². The van der Waals surface area contributed by atoms with Crippen LogP contribution >= 0.6 is 0 Å². The molecular formula is C13H15N3. The van der Waals surface area contributed by atoms with Gasteiger partial charge in [-0.15, -0.1) is 0 Å². The number of aryl methyl sites for hydroxylation is 3. The van der Waals surface area contributed by atoms with Crippen molar-refractivity contribution in [3.8, 4) is 0 Å². The maximum atomic E-state index is 4.35. The molecule has 0 saturated heterocycles. The van der Waals surface area contributed by atoms with Gasteiger partial charge in [0.2, 0.25) is 0 Å². The molecule has 2 heterocycles. The first-order chi connectivity index (χ1) is 7.58. The molecule has 0 radical (unpaired) electrons. The average Bonchev–Trinajstić information content (AvgIpc) is 2.62. The lowest BCUT2D eigenvalue weighted by molar-refractivity contribution is 0.891. The van der Waals surface area contributed by atoms with Crippen LogP contribution in [0.25, 0.3) is 5.57 Å². The van der Waals surface area contributed by atoms with Crippen molar-refractivity contribution in [1.82, 2.24) is 14.5 Å². The predicted octanol–water partition coefficient (Wildman–Crippen LogP) is 2.49. The smallest absolute Gasteiger partial charge is 0.139 e. The maximum absolute atomic E-state index is 4.35. The largest absolute Gasteiger partial charge is 0.334 e. The van der Waals surface area contributed by atoms with E-state index in [2.05, 4.69) is 16.5 Å². The zero-order chi connectivity index (χ0) is 11.7. The summed E-state index contributed by atoms with van der Waals surface area (Å²) in [7, 11) is 1.97. The Hall–Kier alpha value is -1.90.